The van der Waals surface area contributed by atoms with Crippen molar-refractivity contribution in [3.05, 3.63) is 79.1 Å². The molecule has 0 fully saturated rings. The molecule has 0 saturated carbocycles. The summed E-state index contributed by atoms with van der Waals surface area (Å²) in [6, 6.07) is 9.50. The van der Waals surface area contributed by atoms with E-state index in [9.17, 15) is 14.0 Å². The van der Waals surface area contributed by atoms with Gasteiger partial charge in [0.25, 0.3) is 5.91 Å². The lowest BCUT2D eigenvalue weighted by molar-refractivity contribution is 0.0953. The number of hydrogen-bond acceptors (Lipinski definition) is 3. The van der Waals surface area contributed by atoms with E-state index in [0.717, 1.165) is 25.7 Å². The Labute approximate surface area is 205 Å². The summed E-state index contributed by atoms with van der Waals surface area (Å²) < 4.78 is 17.8. The van der Waals surface area contributed by atoms with Gasteiger partial charge in [0.2, 0.25) is 0 Å². The average Bonchev–Trinajstić information content (AvgIpc) is 3.09. The molecule has 1 N–H and O–H groups in total. The molecule has 0 unspecified atom stereocenters. The minimum Gasteiger partial charge on any atom is -0.352 e. The van der Waals surface area contributed by atoms with Crippen LogP contribution in [-0.2, 0) is 13.0 Å². The number of unbranched alkanes of at least 4 members (excludes halogenated alkanes) is 2. The van der Waals surface area contributed by atoms with Crippen molar-refractivity contribution in [3.8, 4) is 5.69 Å². The molecule has 176 valence electrons. The van der Waals surface area contributed by atoms with Gasteiger partial charge >= 0.3 is 5.69 Å². The fraction of sp³-hybridized carbons (Fsp3) is 0.375. The molecule has 0 atom stereocenters. The highest BCUT2D eigenvalue weighted by Crippen LogP contribution is 2.22. The Balaban J connectivity index is 2.02. The van der Waals surface area contributed by atoms with Gasteiger partial charge in [0, 0.05) is 28.6 Å². The summed E-state index contributed by atoms with van der Waals surface area (Å²) in [5.41, 5.74) is 0.653. The molecule has 1 amide bonds. The Morgan fingerprint density at radius 3 is 2.61 bits per heavy atom. The van der Waals surface area contributed by atoms with Crippen LogP contribution in [0.3, 0.4) is 0 Å². The Hall–Kier alpha value is -2.45. The molecule has 33 heavy (non-hydrogen) atoms. The molecule has 0 bridgehead atoms. The van der Waals surface area contributed by atoms with Crippen molar-refractivity contribution in [2.24, 2.45) is 0 Å². The molecule has 0 saturated heterocycles. The minimum absolute atomic E-state index is 0.0474. The summed E-state index contributed by atoms with van der Waals surface area (Å²) in [6.07, 6.45) is 4.16. The normalized spacial score (nSPS) is 11.1. The van der Waals surface area contributed by atoms with Gasteiger partial charge in [-0.15, -0.1) is 5.10 Å². The molecule has 3 rings (SSSR count). The average molecular weight is 538 g/mol. The van der Waals surface area contributed by atoms with Crippen LogP contribution in [0.1, 0.15) is 61.3 Å². The van der Waals surface area contributed by atoms with Gasteiger partial charge in [0.15, 0.2) is 0 Å². The molecule has 0 aliphatic heterocycles. The second-order valence-corrected chi connectivity index (χ2v) is 9.13. The highest BCUT2D eigenvalue weighted by Gasteiger charge is 2.19. The number of nitrogens with zero attached hydrogens (tertiary/aromatic N) is 3. The van der Waals surface area contributed by atoms with Crippen molar-refractivity contribution >= 4 is 33.4 Å². The van der Waals surface area contributed by atoms with E-state index in [1.165, 1.54) is 15.3 Å². The molecule has 9 heteroatoms. The zero-order valence-corrected chi connectivity index (χ0v) is 21.0. The maximum Gasteiger partial charge on any atom is 0.351 e. The van der Waals surface area contributed by atoms with Crippen LogP contribution in [0.25, 0.3) is 5.69 Å². The van der Waals surface area contributed by atoms with Crippen LogP contribution < -0.4 is 11.0 Å². The van der Waals surface area contributed by atoms with E-state index >= 15 is 0 Å². The lowest BCUT2D eigenvalue weighted by Gasteiger charge is -2.08. The summed E-state index contributed by atoms with van der Waals surface area (Å²) in [5, 5.41) is 7.67. The molecule has 0 radical (unpaired) electrons. The van der Waals surface area contributed by atoms with Crippen LogP contribution in [0.5, 0.6) is 0 Å². The van der Waals surface area contributed by atoms with Crippen LogP contribution in [0.4, 0.5) is 4.39 Å². The SMILES string of the molecule is CCCCNC(=O)c1ccc(Cl)c(-n2nc(CCCC)n(Cc3ccc(Br)cc3F)c2=O)c1. The van der Waals surface area contributed by atoms with Crippen molar-refractivity contribution in [2.45, 2.75) is 52.5 Å². The number of benzene rings is 2. The second-order valence-electron chi connectivity index (χ2n) is 7.81. The van der Waals surface area contributed by atoms with Gasteiger partial charge < -0.3 is 5.32 Å². The number of hydrogen-bond donors (Lipinski definition) is 1. The van der Waals surface area contributed by atoms with E-state index in [-0.39, 0.29) is 12.5 Å². The third-order valence-electron chi connectivity index (χ3n) is 5.29. The van der Waals surface area contributed by atoms with Crippen molar-refractivity contribution < 1.29 is 9.18 Å². The van der Waals surface area contributed by atoms with E-state index in [0.29, 0.717) is 45.1 Å². The van der Waals surface area contributed by atoms with Crippen LogP contribution in [0.2, 0.25) is 5.02 Å². The predicted molar refractivity (Wildman–Crippen MR) is 132 cm³/mol. The Morgan fingerprint density at radius 2 is 1.91 bits per heavy atom. The van der Waals surface area contributed by atoms with Crippen molar-refractivity contribution in [1.82, 2.24) is 19.7 Å². The van der Waals surface area contributed by atoms with Gasteiger partial charge in [-0.3, -0.25) is 9.36 Å². The van der Waals surface area contributed by atoms with Crippen LogP contribution >= 0.6 is 27.5 Å². The molecule has 6 nitrogen and oxygen atoms in total. The molecule has 3 aromatic rings. The summed E-state index contributed by atoms with van der Waals surface area (Å²) in [5.74, 6) is -0.107. The number of carbonyl (C=O) groups is 1. The maximum absolute atomic E-state index is 14.5. The van der Waals surface area contributed by atoms with Gasteiger partial charge in [-0.25, -0.2) is 9.18 Å². The smallest absolute Gasteiger partial charge is 0.351 e. The fourth-order valence-electron chi connectivity index (χ4n) is 3.39. The third kappa shape index (κ3) is 6.12. The summed E-state index contributed by atoms with van der Waals surface area (Å²) in [6.45, 7) is 4.71. The Kier molecular flexibility index (Phi) is 8.86. The fourth-order valence-corrected chi connectivity index (χ4v) is 3.92. The van der Waals surface area contributed by atoms with E-state index in [4.69, 9.17) is 11.6 Å². The van der Waals surface area contributed by atoms with Gasteiger partial charge in [-0.05, 0) is 43.2 Å². The van der Waals surface area contributed by atoms with Gasteiger partial charge in [0.1, 0.15) is 11.6 Å². The van der Waals surface area contributed by atoms with Gasteiger partial charge in [0.05, 0.1) is 17.3 Å². The topological polar surface area (TPSA) is 68.9 Å². The second kappa shape index (κ2) is 11.6. The van der Waals surface area contributed by atoms with Crippen LogP contribution in [0.15, 0.2) is 45.7 Å². The molecule has 0 aliphatic rings. The van der Waals surface area contributed by atoms with Crippen LogP contribution in [-0.4, -0.2) is 26.8 Å². The number of aryl methyl sites for hydroxylation is 1. The minimum atomic E-state index is -0.436. The first-order valence-corrected chi connectivity index (χ1v) is 12.2. The zero-order chi connectivity index (χ0) is 24.0. The molecule has 0 aliphatic carbocycles. The largest absolute Gasteiger partial charge is 0.352 e. The highest BCUT2D eigenvalue weighted by molar-refractivity contribution is 9.10. The maximum atomic E-state index is 14.5. The van der Waals surface area contributed by atoms with E-state index in [2.05, 4.69) is 26.3 Å². The molecule has 0 spiro atoms. The molecule has 1 aromatic heterocycles. The Morgan fingerprint density at radius 1 is 1.15 bits per heavy atom. The predicted octanol–water partition coefficient (Wildman–Crippen LogP) is 5.51. The van der Waals surface area contributed by atoms with E-state index in [1.807, 2.05) is 13.8 Å². The molecule has 1 heterocycles. The van der Waals surface area contributed by atoms with Crippen molar-refractivity contribution in [1.29, 1.82) is 0 Å². The first-order valence-electron chi connectivity index (χ1n) is 11.1. The number of rotatable bonds is 10. The third-order valence-corrected chi connectivity index (χ3v) is 6.10. The number of carbonyl (C=O) groups excluding carboxylic acids is 1. The first-order chi connectivity index (χ1) is 15.8. The van der Waals surface area contributed by atoms with Crippen molar-refractivity contribution in [3.63, 3.8) is 0 Å². The molecular formula is C24H27BrClFN4O2. The highest BCUT2D eigenvalue weighted by atomic mass is 79.9. The lowest BCUT2D eigenvalue weighted by atomic mass is 10.2. The lowest BCUT2D eigenvalue weighted by Crippen LogP contribution is -2.27. The van der Waals surface area contributed by atoms with Crippen molar-refractivity contribution in [2.75, 3.05) is 6.54 Å². The van der Waals surface area contributed by atoms with E-state index < -0.39 is 11.5 Å². The summed E-state index contributed by atoms with van der Waals surface area (Å²) in [7, 11) is 0. The standard InChI is InChI=1S/C24H27BrClFN4O2/c1-3-5-7-22-29-31(24(33)30(22)15-17-8-10-18(25)14-20(17)27)21-13-16(9-11-19(21)26)23(32)28-12-6-4-2/h8-11,13-14H,3-7,12,15H2,1-2H3,(H,28,32). The number of nitrogens with one attached hydrogen (secondary N) is 1. The van der Waals surface area contributed by atoms with E-state index in [1.54, 1.807) is 30.3 Å². The summed E-state index contributed by atoms with van der Waals surface area (Å²) >= 11 is 9.65. The molecular weight excluding hydrogens is 511 g/mol. The van der Waals surface area contributed by atoms with Gasteiger partial charge in [-0.1, -0.05) is 60.3 Å². The number of aromatic nitrogens is 3. The quantitative estimate of drug-likeness (QED) is 0.347. The number of halogens is 3. The first kappa shape index (κ1) is 25.2. The van der Waals surface area contributed by atoms with Crippen LogP contribution in [0, 0.1) is 5.82 Å². The van der Waals surface area contributed by atoms with Gasteiger partial charge in [-0.2, -0.15) is 4.68 Å². The zero-order valence-electron chi connectivity index (χ0n) is 18.7. The monoisotopic (exact) mass is 536 g/mol. The Bertz CT molecular complexity index is 1190. The number of amides is 1. The molecule has 2 aromatic carbocycles. The summed E-state index contributed by atoms with van der Waals surface area (Å²) in [4.78, 5) is 25.9.